The molecule has 1 aliphatic rings. The number of hydrogen-bond acceptors (Lipinski definition) is 3. The van der Waals surface area contributed by atoms with Gasteiger partial charge < -0.3 is 4.74 Å². The monoisotopic (exact) mass is 290 g/mol. The molecule has 2 aromatic rings. The zero-order valence-corrected chi connectivity index (χ0v) is 11.9. The van der Waals surface area contributed by atoms with E-state index in [0.29, 0.717) is 30.3 Å². The standard InChI is InChI=1S/C15H15ClN2O2/c1-2-18-14(12(16)9-17-18)15(19)11-7-8-20-13-6-4-3-5-10(11)13/h3-6,9,11H,2,7-8H2,1H3. The van der Waals surface area contributed by atoms with E-state index in [0.717, 1.165) is 11.3 Å². The molecule has 4 nitrogen and oxygen atoms in total. The molecule has 3 rings (SSSR count). The van der Waals surface area contributed by atoms with Gasteiger partial charge in [-0.1, -0.05) is 29.8 Å². The van der Waals surface area contributed by atoms with Crippen molar-refractivity contribution in [1.29, 1.82) is 0 Å². The number of ether oxygens (including phenoxy) is 1. The normalized spacial score (nSPS) is 17.4. The van der Waals surface area contributed by atoms with Gasteiger partial charge in [0.05, 0.1) is 23.7 Å². The van der Waals surface area contributed by atoms with Crippen LogP contribution in [0.4, 0.5) is 0 Å². The summed E-state index contributed by atoms with van der Waals surface area (Å²) in [6, 6.07) is 7.67. The Morgan fingerprint density at radius 3 is 3.10 bits per heavy atom. The Kier molecular flexibility index (Phi) is 3.49. The lowest BCUT2D eigenvalue weighted by Gasteiger charge is -2.25. The van der Waals surface area contributed by atoms with E-state index in [1.165, 1.54) is 6.20 Å². The van der Waals surface area contributed by atoms with Crippen LogP contribution in [0.3, 0.4) is 0 Å². The molecule has 0 aliphatic carbocycles. The number of aromatic nitrogens is 2. The molecule has 0 saturated heterocycles. The van der Waals surface area contributed by atoms with Crippen molar-refractivity contribution in [3.8, 4) is 5.75 Å². The van der Waals surface area contributed by atoms with Crippen LogP contribution in [0.1, 0.15) is 35.3 Å². The van der Waals surface area contributed by atoms with Crippen molar-refractivity contribution in [1.82, 2.24) is 9.78 Å². The van der Waals surface area contributed by atoms with E-state index < -0.39 is 0 Å². The highest BCUT2D eigenvalue weighted by Gasteiger charge is 2.31. The minimum absolute atomic E-state index is 0.0186. The Morgan fingerprint density at radius 1 is 1.50 bits per heavy atom. The SMILES string of the molecule is CCn1ncc(Cl)c1C(=O)C1CCOc2ccccc21. The Hall–Kier alpha value is -1.81. The maximum absolute atomic E-state index is 12.8. The van der Waals surface area contributed by atoms with Crippen molar-refractivity contribution < 1.29 is 9.53 Å². The lowest BCUT2D eigenvalue weighted by atomic mass is 9.88. The topological polar surface area (TPSA) is 44.1 Å². The van der Waals surface area contributed by atoms with Gasteiger partial charge in [-0.15, -0.1) is 0 Å². The molecule has 0 spiro atoms. The maximum atomic E-state index is 12.8. The van der Waals surface area contributed by atoms with Gasteiger partial charge in [-0.2, -0.15) is 5.10 Å². The van der Waals surface area contributed by atoms with Crippen molar-refractivity contribution in [2.75, 3.05) is 6.61 Å². The van der Waals surface area contributed by atoms with Gasteiger partial charge in [0.1, 0.15) is 11.4 Å². The summed E-state index contributed by atoms with van der Waals surface area (Å²) in [5.74, 6) is 0.598. The summed E-state index contributed by atoms with van der Waals surface area (Å²) < 4.78 is 7.26. The van der Waals surface area contributed by atoms with Crippen molar-refractivity contribution in [3.63, 3.8) is 0 Å². The molecule has 0 radical (unpaired) electrons. The van der Waals surface area contributed by atoms with E-state index in [9.17, 15) is 4.79 Å². The number of benzene rings is 1. The molecule has 1 aromatic carbocycles. The summed E-state index contributed by atoms with van der Waals surface area (Å²) in [5, 5.41) is 4.56. The average Bonchev–Trinajstić information content (AvgIpc) is 2.87. The highest BCUT2D eigenvalue weighted by molar-refractivity contribution is 6.33. The number of fused-ring (bicyclic) bond motifs is 1. The van der Waals surface area contributed by atoms with E-state index in [1.807, 2.05) is 31.2 Å². The van der Waals surface area contributed by atoms with Gasteiger partial charge in [-0.05, 0) is 19.4 Å². The molecule has 0 saturated carbocycles. The highest BCUT2D eigenvalue weighted by Crippen LogP contribution is 2.36. The lowest BCUT2D eigenvalue weighted by Crippen LogP contribution is -2.23. The number of halogens is 1. The highest BCUT2D eigenvalue weighted by atomic mass is 35.5. The molecule has 20 heavy (non-hydrogen) atoms. The van der Waals surface area contributed by atoms with Gasteiger partial charge in [0.25, 0.3) is 0 Å². The zero-order valence-electron chi connectivity index (χ0n) is 11.2. The number of para-hydroxylation sites is 1. The average molecular weight is 291 g/mol. The van der Waals surface area contributed by atoms with Gasteiger partial charge in [0.2, 0.25) is 0 Å². The first-order valence-corrected chi connectivity index (χ1v) is 7.07. The van der Waals surface area contributed by atoms with E-state index in [1.54, 1.807) is 4.68 Å². The fraction of sp³-hybridized carbons (Fsp3) is 0.333. The Balaban J connectivity index is 2.02. The van der Waals surface area contributed by atoms with Crippen molar-refractivity contribution in [3.05, 3.63) is 46.7 Å². The van der Waals surface area contributed by atoms with Crippen LogP contribution in [-0.2, 0) is 6.54 Å². The van der Waals surface area contributed by atoms with E-state index in [2.05, 4.69) is 5.10 Å². The minimum Gasteiger partial charge on any atom is -0.493 e. The summed E-state index contributed by atoms with van der Waals surface area (Å²) >= 11 is 6.13. The quantitative estimate of drug-likeness (QED) is 0.815. The molecule has 0 N–H and O–H groups in total. The number of carbonyl (C=O) groups excluding carboxylic acids is 1. The summed E-state index contributed by atoms with van der Waals surface area (Å²) in [5.41, 5.74) is 1.43. The first-order valence-electron chi connectivity index (χ1n) is 6.69. The molecule has 0 bridgehead atoms. The fourth-order valence-electron chi connectivity index (χ4n) is 2.63. The van der Waals surface area contributed by atoms with Crippen LogP contribution in [0.15, 0.2) is 30.5 Å². The van der Waals surface area contributed by atoms with Crippen LogP contribution in [0.5, 0.6) is 5.75 Å². The molecule has 0 amide bonds. The number of nitrogens with zero attached hydrogens (tertiary/aromatic N) is 2. The first kappa shape index (κ1) is 13.2. The second-order valence-electron chi connectivity index (χ2n) is 4.75. The molecule has 5 heteroatoms. The van der Waals surface area contributed by atoms with Crippen LogP contribution in [0.2, 0.25) is 5.02 Å². The Bertz CT molecular complexity index is 651. The van der Waals surface area contributed by atoms with Crippen LogP contribution in [0.25, 0.3) is 0 Å². The number of hydrogen-bond donors (Lipinski definition) is 0. The Morgan fingerprint density at radius 2 is 2.30 bits per heavy atom. The molecule has 1 aromatic heterocycles. The maximum Gasteiger partial charge on any atom is 0.190 e. The molecule has 0 fully saturated rings. The van der Waals surface area contributed by atoms with Gasteiger partial charge in [0, 0.05) is 12.1 Å². The summed E-state index contributed by atoms with van der Waals surface area (Å²) in [6.07, 6.45) is 2.20. The van der Waals surface area contributed by atoms with Gasteiger partial charge in [0.15, 0.2) is 5.78 Å². The third-order valence-electron chi connectivity index (χ3n) is 3.60. The number of Topliss-reactive ketones (excluding diaryl/α,β-unsaturated/α-hetero) is 1. The second kappa shape index (κ2) is 5.29. The molecule has 1 unspecified atom stereocenters. The third kappa shape index (κ3) is 2.10. The first-order chi connectivity index (χ1) is 9.72. The Labute approximate surface area is 122 Å². The van der Waals surface area contributed by atoms with E-state index in [-0.39, 0.29) is 11.7 Å². The zero-order chi connectivity index (χ0) is 14.1. The van der Waals surface area contributed by atoms with Gasteiger partial charge in [-0.3, -0.25) is 9.48 Å². The summed E-state index contributed by atoms with van der Waals surface area (Å²) in [6.45, 7) is 3.11. The van der Waals surface area contributed by atoms with E-state index >= 15 is 0 Å². The fourth-order valence-corrected chi connectivity index (χ4v) is 2.86. The number of aryl methyl sites for hydroxylation is 1. The van der Waals surface area contributed by atoms with E-state index in [4.69, 9.17) is 16.3 Å². The smallest absolute Gasteiger partial charge is 0.190 e. The number of rotatable bonds is 3. The van der Waals surface area contributed by atoms with Gasteiger partial charge in [-0.25, -0.2) is 0 Å². The molecular formula is C15H15ClN2O2. The second-order valence-corrected chi connectivity index (χ2v) is 5.16. The molecular weight excluding hydrogens is 276 g/mol. The molecule has 2 heterocycles. The van der Waals surface area contributed by atoms with Crippen molar-refractivity contribution >= 4 is 17.4 Å². The number of carbonyl (C=O) groups is 1. The van der Waals surface area contributed by atoms with Crippen molar-refractivity contribution in [2.24, 2.45) is 0 Å². The largest absolute Gasteiger partial charge is 0.493 e. The molecule has 1 atom stereocenters. The van der Waals surface area contributed by atoms with Crippen LogP contribution in [0, 0.1) is 0 Å². The third-order valence-corrected chi connectivity index (χ3v) is 3.88. The van der Waals surface area contributed by atoms with Crippen LogP contribution < -0.4 is 4.74 Å². The minimum atomic E-state index is -0.209. The van der Waals surface area contributed by atoms with Crippen molar-refractivity contribution in [2.45, 2.75) is 25.8 Å². The van der Waals surface area contributed by atoms with Crippen LogP contribution >= 0.6 is 11.6 Å². The van der Waals surface area contributed by atoms with Crippen LogP contribution in [-0.4, -0.2) is 22.2 Å². The predicted octanol–water partition coefficient (Wildman–Crippen LogP) is 3.31. The van der Waals surface area contributed by atoms with Gasteiger partial charge >= 0.3 is 0 Å². The summed E-state index contributed by atoms with van der Waals surface area (Å²) in [4.78, 5) is 12.8. The molecule has 1 aliphatic heterocycles. The molecule has 104 valence electrons. The summed E-state index contributed by atoms with van der Waals surface area (Å²) in [7, 11) is 0. The number of ketones is 1. The predicted molar refractivity (Wildman–Crippen MR) is 76.5 cm³/mol. The lowest BCUT2D eigenvalue weighted by molar-refractivity contribution is 0.0922.